The van der Waals surface area contributed by atoms with Gasteiger partial charge < -0.3 is 5.11 Å². The summed E-state index contributed by atoms with van der Waals surface area (Å²) in [5.41, 5.74) is 1.23. The molecule has 17 heavy (non-hydrogen) atoms. The zero-order valence-electron chi connectivity index (χ0n) is 8.81. The van der Waals surface area contributed by atoms with E-state index in [4.69, 9.17) is 5.11 Å². The number of carbonyl (C=O) groups is 1. The number of hydrogen-bond donors (Lipinski definition) is 1. The fourth-order valence-corrected chi connectivity index (χ4v) is 1.71. The maximum atomic E-state index is 13.3. The number of alkyl halides is 2. The molecule has 0 amide bonds. The van der Waals surface area contributed by atoms with Crippen LogP contribution >= 0.6 is 0 Å². The molecule has 2 rings (SSSR count). The minimum absolute atomic E-state index is 0.504. The molecule has 1 aromatic carbocycles. The van der Waals surface area contributed by atoms with Gasteiger partial charge in [0, 0.05) is 0 Å². The van der Waals surface area contributed by atoms with Crippen LogP contribution in [0.25, 0.3) is 5.57 Å². The normalized spacial score (nSPS) is 22.0. The summed E-state index contributed by atoms with van der Waals surface area (Å²) in [6.07, 6.45) is 3.00. The van der Waals surface area contributed by atoms with Crippen LogP contribution < -0.4 is 0 Å². The van der Waals surface area contributed by atoms with Crippen molar-refractivity contribution in [2.24, 2.45) is 5.92 Å². The van der Waals surface area contributed by atoms with E-state index in [1.807, 2.05) is 0 Å². The van der Waals surface area contributed by atoms with E-state index in [1.165, 1.54) is 6.08 Å². The second-order valence-corrected chi connectivity index (χ2v) is 3.81. The molecule has 1 aromatic rings. The molecule has 0 heterocycles. The predicted molar refractivity (Wildman–Crippen MR) is 59.6 cm³/mol. The average molecular weight is 236 g/mol. The van der Waals surface area contributed by atoms with Crippen LogP contribution in [0.15, 0.2) is 48.6 Å². The maximum Gasteiger partial charge on any atom is 0.316 e. The Morgan fingerprint density at radius 3 is 2.47 bits per heavy atom. The predicted octanol–water partition coefficient (Wildman–Crippen LogP) is 2.98. The van der Waals surface area contributed by atoms with E-state index in [0.717, 1.165) is 11.6 Å². The molecule has 0 fully saturated rings. The summed E-state index contributed by atoms with van der Waals surface area (Å²) in [7, 11) is 0. The van der Waals surface area contributed by atoms with E-state index >= 15 is 0 Å². The molecule has 1 N–H and O–H groups in total. The van der Waals surface area contributed by atoms with Crippen LogP contribution in [0.2, 0.25) is 0 Å². The second kappa shape index (κ2) is 4.13. The smallest absolute Gasteiger partial charge is 0.316 e. The van der Waals surface area contributed by atoms with Crippen LogP contribution in [0, 0.1) is 5.92 Å². The van der Waals surface area contributed by atoms with Gasteiger partial charge in [0.1, 0.15) is 5.92 Å². The molecule has 0 saturated heterocycles. The Morgan fingerprint density at radius 2 is 1.88 bits per heavy atom. The Balaban J connectivity index is 2.39. The third kappa shape index (κ3) is 2.25. The summed E-state index contributed by atoms with van der Waals surface area (Å²) in [5, 5.41) is 8.78. The van der Waals surface area contributed by atoms with E-state index in [0.29, 0.717) is 11.6 Å². The van der Waals surface area contributed by atoms with Gasteiger partial charge in [-0.1, -0.05) is 42.5 Å². The summed E-state index contributed by atoms with van der Waals surface area (Å²) in [4.78, 5) is 10.8. The van der Waals surface area contributed by atoms with E-state index in [2.05, 4.69) is 0 Å². The summed E-state index contributed by atoms with van der Waals surface area (Å²) in [6, 6.07) is 8.84. The Bertz CT molecular complexity index is 489. The van der Waals surface area contributed by atoms with Gasteiger partial charge in [-0.05, 0) is 17.2 Å². The minimum atomic E-state index is -3.33. The molecule has 0 bridgehead atoms. The number of halogens is 2. The first-order valence-electron chi connectivity index (χ1n) is 5.08. The van der Waals surface area contributed by atoms with Crippen molar-refractivity contribution in [2.75, 3.05) is 0 Å². The Morgan fingerprint density at radius 1 is 1.24 bits per heavy atom. The molecule has 1 unspecified atom stereocenters. The first-order valence-corrected chi connectivity index (χ1v) is 5.08. The lowest BCUT2D eigenvalue weighted by Crippen LogP contribution is -2.33. The second-order valence-electron chi connectivity index (χ2n) is 3.81. The number of carboxylic acid groups (broad SMARTS) is 1. The zero-order chi connectivity index (χ0) is 12.5. The van der Waals surface area contributed by atoms with Crippen molar-refractivity contribution in [2.45, 2.75) is 5.92 Å². The molecule has 1 atom stereocenters. The molecule has 1 aliphatic rings. The van der Waals surface area contributed by atoms with Crippen LogP contribution in [0.5, 0.6) is 0 Å². The Labute approximate surface area is 96.9 Å². The molecule has 0 aromatic heterocycles. The number of aliphatic carboxylic acids is 1. The third-order valence-corrected chi connectivity index (χ3v) is 2.62. The lowest BCUT2D eigenvalue weighted by Gasteiger charge is -2.22. The highest BCUT2D eigenvalue weighted by atomic mass is 19.3. The molecule has 1 aliphatic carbocycles. The molecule has 0 spiro atoms. The molecule has 88 valence electrons. The van der Waals surface area contributed by atoms with Crippen LogP contribution in [0.3, 0.4) is 0 Å². The van der Waals surface area contributed by atoms with Crippen molar-refractivity contribution in [1.82, 2.24) is 0 Å². The number of benzene rings is 1. The highest BCUT2D eigenvalue weighted by Crippen LogP contribution is 2.35. The van der Waals surface area contributed by atoms with Crippen molar-refractivity contribution in [1.29, 1.82) is 0 Å². The van der Waals surface area contributed by atoms with Crippen molar-refractivity contribution in [3.8, 4) is 0 Å². The zero-order valence-corrected chi connectivity index (χ0v) is 8.81. The summed E-state index contributed by atoms with van der Waals surface area (Å²) in [5.74, 6) is -6.65. The minimum Gasteiger partial charge on any atom is -0.481 e. The van der Waals surface area contributed by atoms with Gasteiger partial charge in [-0.2, -0.15) is 0 Å². The monoisotopic (exact) mass is 236 g/mol. The van der Waals surface area contributed by atoms with Gasteiger partial charge in [0.15, 0.2) is 0 Å². The van der Waals surface area contributed by atoms with E-state index in [1.54, 1.807) is 30.3 Å². The molecule has 0 aliphatic heterocycles. The van der Waals surface area contributed by atoms with E-state index in [-0.39, 0.29) is 0 Å². The molecular weight excluding hydrogens is 226 g/mol. The fraction of sp³-hybridized carbons (Fsp3) is 0.154. The van der Waals surface area contributed by atoms with Gasteiger partial charge in [-0.25, -0.2) is 8.78 Å². The lowest BCUT2D eigenvalue weighted by atomic mass is 9.89. The third-order valence-electron chi connectivity index (χ3n) is 2.62. The fourth-order valence-electron chi connectivity index (χ4n) is 1.71. The average Bonchev–Trinajstić information content (AvgIpc) is 2.29. The Hall–Kier alpha value is -1.97. The van der Waals surface area contributed by atoms with Crippen LogP contribution in [-0.4, -0.2) is 17.0 Å². The number of rotatable bonds is 2. The summed E-state index contributed by atoms with van der Waals surface area (Å²) >= 11 is 0. The molecule has 0 saturated carbocycles. The van der Waals surface area contributed by atoms with Gasteiger partial charge in [-0.15, -0.1) is 0 Å². The highest BCUT2D eigenvalue weighted by Gasteiger charge is 2.42. The summed E-state index contributed by atoms with van der Waals surface area (Å²) < 4.78 is 26.6. The topological polar surface area (TPSA) is 37.3 Å². The molecule has 0 radical (unpaired) electrons. The van der Waals surface area contributed by atoms with Crippen molar-refractivity contribution in [3.05, 3.63) is 54.1 Å². The first-order chi connectivity index (χ1) is 8.00. The van der Waals surface area contributed by atoms with E-state index < -0.39 is 17.8 Å². The van der Waals surface area contributed by atoms with Gasteiger partial charge in [0.2, 0.25) is 0 Å². The van der Waals surface area contributed by atoms with Gasteiger partial charge in [0.25, 0.3) is 5.92 Å². The highest BCUT2D eigenvalue weighted by molar-refractivity contribution is 5.83. The van der Waals surface area contributed by atoms with Gasteiger partial charge in [-0.3, -0.25) is 4.79 Å². The van der Waals surface area contributed by atoms with Gasteiger partial charge in [0.05, 0.1) is 0 Å². The largest absolute Gasteiger partial charge is 0.481 e. The standard InChI is InChI=1S/C13H10F2O2/c14-13(15)7-6-10(8-11(13)12(16)17)9-4-2-1-3-5-9/h1-8,11H,(H,16,17). The van der Waals surface area contributed by atoms with Crippen molar-refractivity contribution < 1.29 is 18.7 Å². The SMILES string of the molecule is O=C(O)C1C=C(c2ccccc2)C=CC1(F)F. The van der Waals surface area contributed by atoms with Crippen LogP contribution in [-0.2, 0) is 4.79 Å². The molecule has 2 nitrogen and oxygen atoms in total. The quantitative estimate of drug-likeness (QED) is 0.857. The lowest BCUT2D eigenvalue weighted by molar-refractivity contribution is -0.148. The van der Waals surface area contributed by atoms with Crippen LogP contribution in [0.4, 0.5) is 8.78 Å². The summed E-state index contributed by atoms with van der Waals surface area (Å²) in [6.45, 7) is 0. The number of hydrogen-bond acceptors (Lipinski definition) is 1. The molecular formula is C13H10F2O2. The maximum absolute atomic E-state index is 13.3. The van der Waals surface area contributed by atoms with Crippen LogP contribution in [0.1, 0.15) is 5.56 Å². The van der Waals surface area contributed by atoms with Gasteiger partial charge >= 0.3 is 5.97 Å². The molecule has 4 heteroatoms. The van der Waals surface area contributed by atoms with E-state index in [9.17, 15) is 13.6 Å². The first kappa shape index (κ1) is 11.5. The Kier molecular flexibility index (Phi) is 2.79. The van der Waals surface area contributed by atoms with Crippen molar-refractivity contribution in [3.63, 3.8) is 0 Å². The number of carboxylic acids is 1. The van der Waals surface area contributed by atoms with Crippen molar-refractivity contribution >= 4 is 11.5 Å². The number of allylic oxidation sites excluding steroid dienone is 3.